The van der Waals surface area contributed by atoms with E-state index in [1.165, 1.54) is 0 Å². The van der Waals surface area contributed by atoms with E-state index in [9.17, 15) is 9.90 Å². The number of carbonyl (C=O) groups is 1. The summed E-state index contributed by atoms with van der Waals surface area (Å²) in [6.45, 7) is 0.487. The minimum atomic E-state index is -0.305. The molecule has 0 radical (unpaired) electrons. The average molecular weight is 320 g/mol. The fourth-order valence-electron chi connectivity index (χ4n) is 2.82. The Kier molecular flexibility index (Phi) is 4.45. The summed E-state index contributed by atoms with van der Waals surface area (Å²) in [5, 5.41) is 20.1. The molecule has 6 heteroatoms. The monoisotopic (exact) mass is 319 g/mol. The van der Waals surface area contributed by atoms with Crippen LogP contribution in [0.2, 0.25) is 5.02 Å². The molecule has 1 heterocycles. The number of nitrogens with zero attached hydrogens (tertiary/aromatic N) is 1. The van der Waals surface area contributed by atoms with Gasteiger partial charge in [-0.25, -0.2) is 0 Å². The van der Waals surface area contributed by atoms with Gasteiger partial charge in [-0.2, -0.15) is 5.10 Å². The molecule has 1 aliphatic carbocycles. The molecule has 0 bridgehead atoms. The molecule has 1 amide bonds. The van der Waals surface area contributed by atoms with Crippen LogP contribution >= 0.6 is 11.6 Å². The van der Waals surface area contributed by atoms with E-state index in [2.05, 4.69) is 15.5 Å². The lowest BCUT2D eigenvalue weighted by Crippen LogP contribution is -2.32. The fourth-order valence-corrected chi connectivity index (χ4v) is 3.05. The lowest BCUT2D eigenvalue weighted by molar-refractivity contribution is 0.0912. The Bertz CT molecular complexity index is 671. The van der Waals surface area contributed by atoms with E-state index >= 15 is 0 Å². The summed E-state index contributed by atoms with van der Waals surface area (Å²) < 4.78 is 0. The molecule has 116 valence electrons. The van der Waals surface area contributed by atoms with E-state index in [1.54, 1.807) is 12.1 Å². The van der Waals surface area contributed by atoms with Crippen LogP contribution in [0.1, 0.15) is 29.8 Å². The van der Waals surface area contributed by atoms with Crippen LogP contribution in [0, 0.1) is 5.92 Å². The van der Waals surface area contributed by atoms with E-state index < -0.39 is 0 Å². The number of hydrogen-bond donors (Lipinski definition) is 3. The van der Waals surface area contributed by atoms with Crippen LogP contribution in [-0.4, -0.2) is 33.9 Å². The van der Waals surface area contributed by atoms with Crippen molar-refractivity contribution < 1.29 is 9.90 Å². The number of hydrogen-bond acceptors (Lipinski definition) is 3. The predicted molar refractivity (Wildman–Crippen MR) is 84.7 cm³/mol. The zero-order valence-electron chi connectivity index (χ0n) is 12.1. The van der Waals surface area contributed by atoms with Gasteiger partial charge in [-0.15, -0.1) is 0 Å². The first-order chi connectivity index (χ1) is 10.6. The van der Waals surface area contributed by atoms with Gasteiger partial charge in [0.2, 0.25) is 0 Å². The Morgan fingerprint density at radius 1 is 1.41 bits per heavy atom. The van der Waals surface area contributed by atoms with Gasteiger partial charge in [0.05, 0.1) is 16.8 Å². The fraction of sp³-hybridized carbons (Fsp3) is 0.375. The number of aliphatic hydroxyl groups excluding tert-OH is 1. The zero-order valence-corrected chi connectivity index (χ0v) is 12.8. The molecule has 22 heavy (non-hydrogen) atoms. The highest BCUT2D eigenvalue weighted by atomic mass is 35.5. The van der Waals surface area contributed by atoms with Crippen molar-refractivity contribution in [3.63, 3.8) is 0 Å². The summed E-state index contributed by atoms with van der Waals surface area (Å²) in [4.78, 5) is 12.1. The summed E-state index contributed by atoms with van der Waals surface area (Å²) in [5.41, 5.74) is 1.81. The second kappa shape index (κ2) is 6.50. The predicted octanol–water partition coefficient (Wildman–Crippen LogP) is 2.62. The Morgan fingerprint density at radius 2 is 2.23 bits per heavy atom. The Morgan fingerprint density at radius 3 is 2.95 bits per heavy atom. The number of aromatic nitrogens is 2. The molecule has 2 unspecified atom stereocenters. The van der Waals surface area contributed by atoms with E-state index in [0.29, 0.717) is 23.0 Å². The van der Waals surface area contributed by atoms with Crippen molar-refractivity contribution >= 4 is 17.5 Å². The van der Waals surface area contributed by atoms with Gasteiger partial charge in [0.25, 0.3) is 5.91 Å². The summed E-state index contributed by atoms with van der Waals surface area (Å²) >= 11 is 6.13. The quantitative estimate of drug-likeness (QED) is 0.810. The Balaban J connectivity index is 1.66. The van der Waals surface area contributed by atoms with Crippen molar-refractivity contribution in [3.05, 3.63) is 41.0 Å². The normalized spacial score (nSPS) is 21.0. The molecule has 1 aromatic heterocycles. The molecule has 2 atom stereocenters. The molecule has 1 aliphatic rings. The number of carbonyl (C=O) groups excluding carboxylic acids is 1. The van der Waals surface area contributed by atoms with Crippen molar-refractivity contribution in [3.8, 4) is 11.3 Å². The van der Waals surface area contributed by atoms with Gasteiger partial charge in [-0.1, -0.05) is 36.2 Å². The third-order valence-corrected chi connectivity index (χ3v) is 4.45. The molecule has 2 aromatic rings. The van der Waals surface area contributed by atoms with Gasteiger partial charge >= 0.3 is 0 Å². The summed E-state index contributed by atoms with van der Waals surface area (Å²) in [6, 6.07) is 9.04. The molecule has 1 fully saturated rings. The number of rotatable bonds is 4. The maximum absolute atomic E-state index is 12.1. The number of nitrogens with one attached hydrogen (secondary N) is 2. The largest absolute Gasteiger partial charge is 0.393 e. The highest BCUT2D eigenvalue weighted by Crippen LogP contribution is 2.26. The van der Waals surface area contributed by atoms with Gasteiger partial charge in [0, 0.05) is 18.0 Å². The lowest BCUT2D eigenvalue weighted by atomic mass is 10.1. The van der Waals surface area contributed by atoms with Crippen LogP contribution in [0.15, 0.2) is 30.3 Å². The highest BCUT2D eigenvalue weighted by molar-refractivity contribution is 6.33. The number of aliphatic hydroxyl groups is 1. The van der Waals surface area contributed by atoms with Crippen LogP contribution in [0.4, 0.5) is 0 Å². The van der Waals surface area contributed by atoms with Gasteiger partial charge in [-0.3, -0.25) is 9.89 Å². The summed E-state index contributed by atoms with van der Waals surface area (Å²) in [6.07, 6.45) is 2.49. The minimum absolute atomic E-state index is 0.148. The van der Waals surface area contributed by atoms with Crippen LogP contribution in [0.5, 0.6) is 0 Å². The number of halogens is 1. The van der Waals surface area contributed by atoms with Crippen LogP contribution in [-0.2, 0) is 0 Å². The van der Waals surface area contributed by atoms with Crippen LogP contribution < -0.4 is 5.32 Å². The second-order valence-electron chi connectivity index (χ2n) is 5.62. The van der Waals surface area contributed by atoms with Gasteiger partial charge in [-0.05, 0) is 25.0 Å². The maximum Gasteiger partial charge on any atom is 0.269 e. The Labute approximate surface area is 133 Å². The van der Waals surface area contributed by atoms with Crippen LogP contribution in [0.3, 0.4) is 0 Å². The molecule has 1 saturated carbocycles. The smallest absolute Gasteiger partial charge is 0.269 e. The average Bonchev–Trinajstić information content (AvgIpc) is 3.14. The van der Waals surface area contributed by atoms with Crippen molar-refractivity contribution in [2.75, 3.05) is 6.54 Å². The van der Waals surface area contributed by atoms with Crippen molar-refractivity contribution in [1.82, 2.24) is 15.5 Å². The van der Waals surface area contributed by atoms with E-state index in [4.69, 9.17) is 11.6 Å². The topological polar surface area (TPSA) is 78.0 Å². The first kappa shape index (κ1) is 15.1. The molecule has 0 saturated heterocycles. The maximum atomic E-state index is 12.1. The standard InChI is InChI=1S/C16H18ClN3O2/c17-12-6-2-1-5-11(12)13-8-14(20-19-13)16(22)18-9-10-4-3-7-15(10)21/h1-2,5-6,8,10,15,21H,3-4,7,9H2,(H,18,22)(H,19,20). The number of amides is 1. The van der Waals surface area contributed by atoms with Crippen molar-refractivity contribution in [1.29, 1.82) is 0 Å². The van der Waals surface area contributed by atoms with Crippen molar-refractivity contribution in [2.24, 2.45) is 5.92 Å². The zero-order chi connectivity index (χ0) is 15.5. The third kappa shape index (κ3) is 3.15. The first-order valence-corrected chi connectivity index (χ1v) is 7.79. The second-order valence-corrected chi connectivity index (χ2v) is 6.02. The molecule has 3 rings (SSSR count). The van der Waals surface area contributed by atoms with Gasteiger partial charge in [0.1, 0.15) is 5.69 Å². The third-order valence-electron chi connectivity index (χ3n) is 4.12. The highest BCUT2D eigenvalue weighted by Gasteiger charge is 2.25. The molecule has 0 spiro atoms. The summed E-state index contributed by atoms with van der Waals surface area (Å²) in [5.74, 6) is -0.0696. The SMILES string of the molecule is O=C(NCC1CCCC1O)c1cc(-c2ccccc2Cl)n[nH]1. The van der Waals surface area contributed by atoms with Gasteiger partial charge < -0.3 is 10.4 Å². The van der Waals surface area contributed by atoms with Crippen LogP contribution in [0.25, 0.3) is 11.3 Å². The molecule has 5 nitrogen and oxygen atoms in total. The molecule has 0 aliphatic heterocycles. The number of aromatic amines is 1. The van der Waals surface area contributed by atoms with E-state index in [-0.39, 0.29) is 17.9 Å². The number of H-pyrrole nitrogens is 1. The first-order valence-electron chi connectivity index (χ1n) is 7.41. The minimum Gasteiger partial charge on any atom is -0.393 e. The Hall–Kier alpha value is -1.85. The molecule has 1 aromatic carbocycles. The van der Waals surface area contributed by atoms with Gasteiger partial charge in [0.15, 0.2) is 0 Å². The molecule has 3 N–H and O–H groups in total. The lowest BCUT2D eigenvalue weighted by Gasteiger charge is -2.14. The molecular weight excluding hydrogens is 302 g/mol. The van der Waals surface area contributed by atoms with E-state index in [0.717, 1.165) is 24.8 Å². The number of benzene rings is 1. The molecular formula is C16H18ClN3O2. The van der Waals surface area contributed by atoms with E-state index in [1.807, 2.05) is 18.2 Å². The van der Waals surface area contributed by atoms with Crippen molar-refractivity contribution in [2.45, 2.75) is 25.4 Å². The summed E-state index contributed by atoms with van der Waals surface area (Å²) in [7, 11) is 0.